The third-order valence-corrected chi connectivity index (χ3v) is 4.76. The lowest BCUT2D eigenvalue weighted by atomic mass is 9.84. The molecule has 1 atom stereocenters. The molecule has 0 radical (unpaired) electrons. The van der Waals surface area contributed by atoms with E-state index in [4.69, 9.17) is 0 Å². The summed E-state index contributed by atoms with van der Waals surface area (Å²) in [5.41, 5.74) is 1.31. The first-order valence-corrected chi connectivity index (χ1v) is 7.42. The second-order valence-corrected chi connectivity index (χ2v) is 6.07. The van der Waals surface area contributed by atoms with Crippen LogP contribution in [0.2, 0.25) is 0 Å². The summed E-state index contributed by atoms with van der Waals surface area (Å²) in [6.07, 6.45) is 6.05. The van der Waals surface area contributed by atoms with Gasteiger partial charge in [-0.2, -0.15) is 5.10 Å². The molecule has 3 saturated heterocycles. The average Bonchev–Trinajstić information content (AvgIpc) is 2.97. The molecule has 2 bridgehead atoms. The topological polar surface area (TPSA) is 21.1 Å². The van der Waals surface area contributed by atoms with Gasteiger partial charge in [-0.25, -0.2) is 8.78 Å². The molecule has 6 heteroatoms. The highest BCUT2D eigenvalue weighted by atomic mass is 35.5. The summed E-state index contributed by atoms with van der Waals surface area (Å²) in [7, 11) is 0. The van der Waals surface area contributed by atoms with Crippen molar-refractivity contribution in [3.05, 3.63) is 42.2 Å². The molecule has 0 aliphatic carbocycles. The molecule has 0 amide bonds. The Hall–Kier alpha value is -1.46. The van der Waals surface area contributed by atoms with E-state index in [1.807, 2.05) is 10.9 Å². The van der Waals surface area contributed by atoms with Crippen molar-refractivity contribution in [2.24, 2.45) is 5.92 Å². The van der Waals surface area contributed by atoms with Gasteiger partial charge in [-0.1, -0.05) is 0 Å². The Kier molecular flexibility index (Phi) is 4.19. The summed E-state index contributed by atoms with van der Waals surface area (Å²) < 4.78 is 28.6. The molecule has 3 nitrogen and oxygen atoms in total. The van der Waals surface area contributed by atoms with E-state index in [1.165, 1.54) is 38.1 Å². The number of hydrogen-bond donors (Lipinski definition) is 0. The van der Waals surface area contributed by atoms with E-state index < -0.39 is 11.6 Å². The van der Waals surface area contributed by atoms with E-state index in [0.29, 0.717) is 17.5 Å². The number of piperidine rings is 3. The first kappa shape index (κ1) is 15.4. The van der Waals surface area contributed by atoms with Gasteiger partial charge < -0.3 is 4.90 Å². The van der Waals surface area contributed by atoms with Crippen molar-refractivity contribution >= 4 is 12.4 Å². The second-order valence-electron chi connectivity index (χ2n) is 6.07. The van der Waals surface area contributed by atoms with Gasteiger partial charge in [0.2, 0.25) is 0 Å². The monoisotopic (exact) mass is 325 g/mol. The van der Waals surface area contributed by atoms with Crippen molar-refractivity contribution in [1.29, 1.82) is 0 Å². The molecule has 2 aromatic rings. The largest absolute Gasteiger partial charge is 0.301 e. The molecule has 3 fully saturated rings. The summed E-state index contributed by atoms with van der Waals surface area (Å²) in [5, 5.41) is 4.44. The summed E-state index contributed by atoms with van der Waals surface area (Å²) >= 11 is 0. The molecule has 0 N–H and O–H groups in total. The molecule has 1 aromatic carbocycles. The third-order valence-electron chi connectivity index (χ3n) is 4.76. The molecule has 0 saturated carbocycles. The first-order chi connectivity index (χ1) is 10.2. The summed E-state index contributed by atoms with van der Waals surface area (Å²) in [4.78, 5) is 2.47. The van der Waals surface area contributed by atoms with Crippen LogP contribution in [-0.4, -0.2) is 34.3 Å². The molecular weight excluding hydrogens is 308 g/mol. The fourth-order valence-electron chi connectivity index (χ4n) is 3.62. The van der Waals surface area contributed by atoms with E-state index >= 15 is 0 Å². The maximum absolute atomic E-state index is 13.3. The van der Waals surface area contributed by atoms with Crippen LogP contribution in [0, 0.1) is 17.6 Å². The van der Waals surface area contributed by atoms with Gasteiger partial charge in [-0.3, -0.25) is 4.68 Å². The van der Waals surface area contributed by atoms with E-state index in [-0.39, 0.29) is 12.4 Å². The van der Waals surface area contributed by atoms with E-state index in [1.54, 1.807) is 6.20 Å². The fourth-order valence-corrected chi connectivity index (χ4v) is 3.62. The maximum atomic E-state index is 13.3. The number of hydrogen-bond acceptors (Lipinski definition) is 2. The van der Waals surface area contributed by atoms with E-state index in [2.05, 4.69) is 10.00 Å². The molecule has 1 aromatic heterocycles. The lowest BCUT2D eigenvalue weighted by Gasteiger charge is -2.44. The zero-order valence-electron chi connectivity index (χ0n) is 12.1. The van der Waals surface area contributed by atoms with Crippen molar-refractivity contribution in [3.63, 3.8) is 0 Å². The Morgan fingerprint density at radius 3 is 2.27 bits per heavy atom. The van der Waals surface area contributed by atoms with Crippen LogP contribution >= 0.6 is 12.4 Å². The number of halogens is 3. The quantitative estimate of drug-likeness (QED) is 0.842. The normalized spacial score (nSPS) is 26.7. The third kappa shape index (κ3) is 2.75. The Morgan fingerprint density at radius 1 is 1.00 bits per heavy atom. The van der Waals surface area contributed by atoms with Gasteiger partial charge in [0.05, 0.1) is 12.2 Å². The molecule has 1 unspecified atom stereocenters. The molecule has 3 aliphatic heterocycles. The minimum Gasteiger partial charge on any atom is -0.301 e. The van der Waals surface area contributed by atoms with Crippen molar-refractivity contribution < 1.29 is 8.78 Å². The molecule has 4 heterocycles. The van der Waals surface area contributed by atoms with Crippen LogP contribution in [0.4, 0.5) is 8.78 Å². The van der Waals surface area contributed by atoms with Crippen molar-refractivity contribution in [1.82, 2.24) is 14.7 Å². The fraction of sp³-hybridized carbons (Fsp3) is 0.438. The Labute approximate surface area is 134 Å². The lowest BCUT2D eigenvalue weighted by molar-refractivity contribution is 0.0513. The highest BCUT2D eigenvalue weighted by Gasteiger charge is 2.35. The van der Waals surface area contributed by atoms with Crippen molar-refractivity contribution in [3.8, 4) is 11.1 Å². The van der Waals surface area contributed by atoms with Crippen LogP contribution in [-0.2, 0) is 0 Å². The van der Waals surface area contributed by atoms with Gasteiger partial charge in [0, 0.05) is 24.4 Å². The minimum absolute atomic E-state index is 0. The van der Waals surface area contributed by atoms with E-state index in [0.717, 1.165) is 18.2 Å². The Bertz CT molecular complexity index is 645. The predicted molar refractivity (Wildman–Crippen MR) is 83.0 cm³/mol. The van der Waals surface area contributed by atoms with Crippen LogP contribution in [0.3, 0.4) is 0 Å². The average molecular weight is 326 g/mol. The lowest BCUT2D eigenvalue weighted by Crippen LogP contribution is -2.48. The van der Waals surface area contributed by atoms with Crippen LogP contribution in [0.25, 0.3) is 11.1 Å². The highest BCUT2D eigenvalue weighted by molar-refractivity contribution is 5.85. The molecule has 0 spiro atoms. The van der Waals surface area contributed by atoms with Crippen LogP contribution in [0.1, 0.15) is 18.9 Å². The number of nitrogens with zero attached hydrogens (tertiary/aromatic N) is 3. The van der Waals surface area contributed by atoms with E-state index in [9.17, 15) is 8.78 Å². The Balaban J connectivity index is 0.00000144. The maximum Gasteiger partial charge on any atom is 0.126 e. The summed E-state index contributed by atoms with van der Waals surface area (Å²) in [6.45, 7) is 3.40. The van der Waals surface area contributed by atoms with Gasteiger partial charge in [-0.15, -0.1) is 12.4 Å². The Morgan fingerprint density at radius 2 is 1.68 bits per heavy atom. The smallest absolute Gasteiger partial charge is 0.126 e. The molecule has 22 heavy (non-hydrogen) atoms. The molecule has 3 aliphatic rings. The number of aromatic nitrogens is 2. The minimum atomic E-state index is -0.555. The number of benzene rings is 1. The van der Waals surface area contributed by atoms with Gasteiger partial charge in [-0.05, 0) is 49.5 Å². The highest BCUT2D eigenvalue weighted by Crippen LogP contribution is 2.36. The number of rotatable bonds is 2. The van der Waals surface area contributed by atoms with Gasteiger partial charge in [0.15, 0.2) is 0 Å². The van der Waals surface area contributed by atoms with Crippen molar-refractivity contribution in [2.45, 2.75) is 18.9 Å². The first-order valence-electron chi connectivity index (χ1n) is 7.42. The van der Waals surface area contributed by atoms with Gasteiger partial charge in [0.25, 0.3) is 0 Å². The second kappa shape index (κ2) is 5.97. The standard InChI is InChI=1S/C16H17F2N3.ClH/c17-14-5-12(6-15(18)7-14)13-8-19-21(9-13)16-10-20-3-1-11(16)2-4-20;/h5-9,11,16H,1-4,10H2;1H. The molecular formula is C16H18ClF2N3. The number of fused-ring (bicyclic) bond motifs is 3. The van der Waals surface area contributed by atoms with Crippen LogP contribution in [0.15, 0.2) is 30.6 Å². The van der Waals surface area contributed by atoms with Gasteiger partial charge >= 0.3 is 0 Å². The zero-order valence-corrected chi connectivity index (χ0v) is 12.9. The molecule has 118 valence electrons. The zero-order chi connectivity index (χ0) is 14.4. The van der Waals surface area contributed by atoms with Crippen LogP contribution in [0.5, 0.6) is 0 Å². The van der Waals surface area contributed by atoms with Crippen molar-refractivity contribution in [2.75, 3.05) is 19.6 Å². The van der Waals surface area contributed by atoms with Gasteiger partial charge in [0.1, 0.15) is 11.6 Å². The predicted octanol–water partition coefficient (Wildman–Crippen LogP) is 3.52. The van der Waals surface area contributed by atoms with Crippen LogP contribution < -0.4 is 0 Å². The summed E-state index contributed by atoms with van der Waals surface area (Å²) in [6, 6.07) is 3.98. The summed E-state index contributed by atoms with van der Waals surface area (Å²) in [5.74, 6) is -0.437. The SMILES string of the molecule is Cl.Fc1cc(F)cc(-c2cnn(C3CN4CCC3CC4)c2)c1. The molecule has 5 rings (SSSR count).